The Labute approximate surface area is 166 Å². The first-order chi connectivity index (χ1) is 13.1. The molecule has 0 radical (unpaired) electrons. The normalized spacial score (nSPS) is 17.6. The van der Waals surface area contributed by atoms with E-state index in [4.69, 9.17) is 19.7 Å². The first kappa shape index (κ1) is 25.9. The largest absolute Gasteiger partial charge is 0.481 e. The molecule has 0 aromatic carbocycles. The Morgan fingerprint density at radius 2 is 1.32 bits per heavy atom. The van der Waals surface area contributed by atoms with Gasteiger partial charge in [0.05, 0.1) is 25.7 Å². The van der Waals surface area contributed by atoms with E-state index >= 15 is 0 Å². The molecule has 28 heavy (non-hydrogen) atoms. The zero-order valence-corrected chi connectivity index (χ0v) is 17.2. The zero-order valence-electron chi connectivity index (χ0n) is 17.2. The van der Waals surface area contributed by atoms with Crippen LogP contribution in [-0.4, -0.2) is 47.3 Å². The molecule has 1 rings (SSSR count). The van der Waals surface area contributed by atoms with E-state index in [1.54, 1.807) is 0 Å². The first-order valence-electron chi connectivity index (χ1n) is 9.89. The Hall–Kier alpha value is -2.12. The number of hydrogen-bond donors (Lipinski definition) is 2. The van der Waals surface area contributed by atoms with Crippen LogP contribution in [0.4, 0.5) is 0 Å². The second-order valence-corrected chi connectivity index (χ2v) is 7.52. The Bertz CT molecular complexity index is 480. The highest BCUT2D eigenvalue weighted by atomic mass is 16.5. The van der Waals surface area contributed by atoms with E-state index in [-0.39, 0.29) is 38.9 Å². The van der Waals surface area contributed by atoms with Gasteiger partial charge in [0.25, 0.3) is 0 Å². The average molecular weight is 402 g/mol. The van der Waals surface area contributed by atoms with Crippen LogP contribution in [0.25, 0.3) is 0 Å². The molecule has 162 valence electrons. The van der Waals surface area contributed by atoms with E-state index in [2.05, 4.69) is 20.8 Å². The lowest BCUT2D eigenvalue weighted by atomic mass is 9.71. The van der Waals surface area contributed by atoms with Crippen molar-refractivity contribution < 1.29 is 38.9 Å². The highest BCUT2D eigenvalue weighted by Gasteiger charge is 2.37. The van der Waals surface area contributed by atoms with E-state index in [1.165, 1.54) is 6.42 Å². The van der Waals surface area contributed by atoms with Crippen molar-refractivity contribution in [2.75, 3.05) is 13.2 Å². The predicted octanol–water partition coefficient (Wildman–Crippen LogP) is 3.42. The van der Waals surface area contributed by atoms with Gasteiger partial charge >= 0.3 is 23.9 Å². The first-order valence-corrected chi connectivity index (χ1v) is 9.89. The van der Waals surface area contributed by atoms with Crippen LogP contribution in [-0.2, 0) is 28.7 Å². The summed E-state index contributed by atoms with van der Waals surface area (Å²) >= 11 is 0. The van der Waals surface area contributed by atoms with E-state index in [0.717, 1.165) is 25.7 Å². The van der Waals surface area contributed by atoms with Gasteiger partial charge in [0.1, 0.15) is 13.2 Å². The van der Waals surface area contributed by atoms with Crippen molar-refractivity contribution in [2.24, 2.45) is 11.3 Å². The fourth-order valence-electron chi connectivity index (χ4n) is 3.10. The smallest absolute Gasteiger partial charge is 0.306 e. The van der Waals surface area contributed by atoms with Gasteiger partial charge in [0.15, 0.2) is 0 Å². The molecule has 0 bridgehead atoms. The van der Waals surface area contributed by atoms with Crippen molar-refractivity contribution in [3.8, 4) is 0 Å². The monoisotopic (exact) mass is 402 g/mol. The Morgan fingerprint density at radius 3 is 1.68 bits per heavy atom. The quantitative estimate of drug-likeness (QED) is 0.532. The van der Waals surface area contributed by atoms with E-state index in [9.17, 15) is 19.2 Å². The summed E-state index contributed by atoms with van der Waals surface area (Å²) in [6, 6.07) is 0. The molecule has 0 aliphatic heterocycles. The van der Waals surface area contributed by atoms with Gasteiger partial charge in [-0.25, -0.2) is 0 Å². The maximum absolute atomic E-state index is 11.7. The van der Waals surface area contributed by atoms with E-state index in [0.29, 0.717) is 5.92 Å². The lowest BCUT2D eigenvalue weighted by molar-refractivity contribution is -0.159. The summed E-state index contributed by atoms with van der Waals surface area (Å²) < 4.78 is 10.5. The molecule has 2 N–H and O–H groups in total. The summed E-state index contributed by atoms with van der Waals surface area (Å²) in [5.41, 5.74) is -0.491. The molecule has 1 fully saturated rings. The number of aliphatic carboxylic acids is 2. The summed E-state index contributed by atoms with van der Waals surface area (Å²) in [7, 11) is 0. The highest BCUT2D eigenvalue weighted by molar-refractivity contribution is 5.77. The fraction of sp³-hybridized carbons (Fsp3) is 0.800. The maximum Gasteiger partial charge on any atom is 0.306 e. The SMILES string of the molecule is CCC.C[C@@H]1CCCC(COC(=O)CCC(=O)O)(COC(=O)CCC(=O)O)C1. The van der Waals surface area contributed by atoms with Crippen molar-refractivity contribution in [1.29, 1.82) is 0 Å². The molecule has 0 saturated heterocycles. The lowest BCUT2D eigenvalue weighted by Crippen LogP contribution is -2.38. The molecule has 1 aliphatic carbocycles. The van der Waals surface area contributed by atoms with Crippen LogP contribution < -0.4 is 0 Å². The summed E-state index contributed by atoms with van der Waals surface area (Å²) in [6.07, 6.45) is 3.71. The Balaban J connectivity index is 0.00000227. The number of carboxylic acid groups (broad SMARTS) is 2. The van der Waals surface area contributed by atoms with Crippen LogP contribution in [0.3, 0.4) is 0 Å². The van der Waals surface area contributed by atoms with Crippen molar-refractivity contribution in [1.82, 2.24) is 0 Å². The number of hydrogen-bond acceptors (Lipinski definition) is 6. The third-order valence-corrected chi connectivity index (χ3v) is 4.35. The summed E-state index contributed by atoms with van der Waals surface area (Å²) in [6.45, 7) is 6.47. The highest BCUT2D eigenvalue weighted by Crippen LogP contribution is 2.40. The molecule has 0 heterocycles. The molecule has 1 atom stereocenters. The van der Waals surface area contributed by atoms with Crippen LogP contribution in [0, 0.1) is 11.3 Å². The van der Waals surface area contributed by atoms with Crippen LogP contribution in [0.1, 0.15) is 78.6 Å². The molecular weight excluding hydrogens is 368 g/mol. The third-order valence-electron chi connectivity index (χ3n) is 4.35. The van der Waals surface area contributed by atoms with Gasteiger partial charge in [-0.3, -0.25) is 19.2 Å². The van der Waals surface area contributed by atoms with Crippen LogP contribution in [0.5, 0.6) is 0 Å². The van der Waals surface area contributed by atoms with Gasteiger partial charge in [0, 0.05) is 5.41 Å². The van der Waals surface area contributed by atoms with Crippen molar-refractivity contribution in [3.63, 3.8) is 0 Å². The number of carbonyl (C=O) groups is 4. The Morgan fingerprint density at radius 1 is 0.893 bits per heavy atom. The molecule has 0 unspecified atom stereocenters. The molecule has 0 aromatic heterocycles. The van der Waals surface area contributed by atoms with Crippen molar-refractivity contribution >= 4 is 23.9 Å². The number of carbonyl (C=O) groups excluding carboxylic acids is 2. The minimum Gasteiger partial charge on any atom is -0.481 e. The Kier molecular flexibility index (Phi) is 12.9. The van der Waals surface area contributed by atoms with Crippen LogP contribution in [0.15, 0.2) is 0 Å². The lowest BCUT2D eigenvalue weighted by Gasteiger charge is -2.38. The van der Waals surface area contributed by atoms with Gasteiger partial charge in [0.2, 0.25) is 0 Å². The number of rotatable bonds is 10. The maximum atomic E-state index is 11.7. The van der Waals surface area contributed by atoms with Gasteiger partial charge in [-0.05, 0) is 18.8 Å². The topological polar surface area (TPSA) is 127 Å². The number of carboxylic acids is 2. The van der Waals surface area contributed by atoms with Crippen molar-refractivity contribution in [2.45, 2.75) is 78.6 Å². The van der Waals surface area contributed by atoms with Crippen LogP contribution >= 0.6 is 0 Å². The molecule has 0 amide bonds. The molecule has 0 spiro atoms. The summed E-state index contributed by atoms with van der Waals surface area (Å²) in [5, 5.41) is 17.2. The minimum absolute atomic E-state index is 0.0714. The summed E-state index contributed by atoms with van der Waals surface area (Å²) in [4.78, 5) is 44.3. The van der Waals surface area contributed by atoms with Crippen molar-refractivity contribution in [3.05, 3.63) is 0 Å². The standard InChI is InChI=1S/C17H26O8.C3H8/c1-12-3-2-8-17(9-12,10-24-15(22)6-4-13(18)19)11-25-16(23)7-5-14(20)21;1-3-2/h12H,2-11H2,1H3,(H,18,19)(H,20,21);3H2,1-2H3/t12-;/m1./s1. The second-order valence-electron chi connectivity index (χ2n) is 7.52. The average Bonchev–Trinajstić information content (AvgIpc) is 2.62. The minimum atomic E-state index is -1.06. The van der Waals surface area contributed by atoms with E-state index in [1.807, 2.05) is 0 Å². The molecular formula is C20H34O8. The molecule has 0 aromatic rings. The molecule has 8 nitrogen and oxygen atoms in total. The zero-order chi connectivity index (χ0) is 21.6. The fourth-order valence-corrected chi connectivity index (χ4v) is 3.10. The number of esters is 2. The van der Waals surface area contributed by atoms with Gasteiger partial charge in [-0.15, -0.1) is 0 Å². The molecule has 1 saturated carbocycles. The van der Waals surface area contributed by atoms with Gasteiger partial charge in [-0.1, -0.05) is 40.0 Å². The van der Waals surface area contributed by atoms with E-state index < -0.39 is 29.3 Å². The molecule has 8 heteroatoms. The van der Waals surface area contributed by atoms with Gasteiger partial charge < -0.3 is 19.7 Å². The molecule has 1 aliphatic rings. The third kappa shape index (κ3) is 12.3. The predicted molar refractivity (Wildman–Crippen MR) is 102 cm³/mol. The number of ether oxygens (including phenoxy) is 2. The summed E-state index contributed by atoms with van der Waals surface area (Å²) in [5.74, 6) is -2.91. The second kappa shape index (κ2) is 14.0. The van der Waals surface area contributed by atoms with Gasteiger partial charge in [-0.2, -0.15) is 0 Å². The van der Waals surface area contributed by atoms with Crippen LogP contribution in [0.2, 0.25) is 0 Å².